The highest BCUT2D eigenvalue weighted by molar-refractivity contribution is 5.17. The third-order valence-corrected chi connectivity index (χ3v) is 3.16. The van der Waals surface area contributed by atoms with E-state index in [0.717, 1.165) is 24.8 Å². The predicted octanol–water partition coefficient (Wildman–Crippen LogP) is 2.25. The van der Waals surface area contributed by atoms with E-state index >= 15 is 0 Å². The Kier molecular flexibility index (Phi) is 3.07. The Morgan fingerprint density at radius 2 is 1.79 bits per heavy atom. The molecule has 0 saturated carbocycles. The largest absolute Gasteiger partial charge is 0.390 e. The number of hydrogen-bond acceptors (Lipinski definition) is 2. The maximum Gasteiger partial charge on any atom is 0.0800 e. The van der Waals surface area contributed by atoms with E-state index in [1.54, 1.807) is 0 Å². The van der Waals surface area contributed by atoms with E-state index in [2.05, 4.69) is 6.08 Å². The first kappa shape index (κ1) is 11.7. The van der Waals surface area contributed by atoms with Crippen molar-refractivity contribution in [1.29, 1.82) is 0 Å². The minimum Gasteiger partial charge on any atom is -0.390 e. The Morgan fingerprint density at radius 3 is 2.21 bits per heavy atom. The second-order valence-corrected chi connectivity index (χ2v) is 5.42. The van der Waals surface area contributed by atoms with Gasteiger partial charge in [0.05, 0.1) is 11.2 Å². The molecule has 1 aliphatic carbocycles. The SMILES string of the molecule is CC(C)(O)C1=CCCC(C(C)(C)O)C1. The van der Waals surface area contributed by atoms with E-state index in [4.69, 9.17) is 0 Å². The van der Waals surface area contributed by atoms with E-state index < -0.39 is 11.2 Å². The van der Waals surface area contributed by atoms with Crippen LogP contribution in [-0.4, -0.2) is 21.4 Å². The highest BCUT2D eigenvalue weighted by Crippen LogP contribution is 2.36. The molecule has 0 heterocycles. The number of hydrogen-bond donors (Lipinski definition) is 2. The van der Waals surface area contributed by atoms with Crippen molar-refractivity contribution in [2.75, 3.05) is 0 Å². The quantitative estimate of drug-likeness (QED) is 0.668. The van der Waals surface area contributed by atoms with Crippen LogP contribution in [0.3, 0.4) is 0 Å². The fourth-order valence-electron chi connectivity index (χ4n) is 2.01. The molecule has 14 heavy (non-hydrogen) atoms. The van der Waals surface area contributed by atoms with Gasteiger partial charge in [0, 0.05) is 0 Å². The van der Waals surface area contributed by atoms with Gasteiger partial charge in [-0.1, -0.05) is 6.08 Å². The molecular weight excluding hydrogens is 176 g/mol. The van der Waals surface area contributed by atoms with Crippen LogP contribution in [0, 0.1) is 5.92 Å². The molecule has 2 heteroatoms. The first-order chi connectivity index (χ1) is 6.21. The lowest BCUT2D eigenvalue weighted by molar-refractivity contribution is 0.00507. The molecule has 2 nitrogen and oxygen atoms in total. The Labute approximate surface area is 86.6 Å². The van der Waals surface area contributed by atoms with Gasteiger partial charge in [0.15, 0.2) is 0 Å². The van der Waals surface area contributed by atoms with Crippen LogP contribution in [-0.2, 0) is 0 Å². The van der Waals surface area contributed by atoms with Crippen LogP contribution in [0.5, 0.6) is 0 Å². The normalized spacial score (nSPS) is 24.7. The molecule has 0 aliphatic heterocycles. The van der Waals surface area contributed by atoms with Crippen LogP contribution in [0.4, 0.5) is 0 Å². The second kappa shape index (κ2) is 3.67. The van der Waals surface area contributed by atoms with Crippen molar-refractivity contribution < 1.29 is 10.2 Å². The van der Waals surface area contributed by atoms with Gasteiger partial charge in [-0.15, -0.1) is 0 Å². The van der Waals surface area contributed by atoms with Gasteiger partial charge in [-0.3, -0.25) is 0 Å². The van der Waals surface area contributed by atoms with Gasteiger partial charge in [0.1, 0.15) is 0 Å². The molecule has 0 saturated heterocycles. The standard InChI is InChI=1S/C12H22O2/c1-11(2,13)9-6-5-7-10(8-9)12(3,4)14/h6,10,13-14H,5,7-8H2,1-4H3. The number of aliphatic hydroxyl groups is 2. The summed E-state index contributed by atoms with van der Waals surface area (Å²) in [5, 5.41) is 19.8. The smallest absolute Gasteiger partial charge is 0.0800 e. The molecule has 0 aromatic rings. The Balaban J connectivity index is 2.73. The molecule has 1 aliphatic rings. The molecule has 0 fully saturated rings. The number of allylic oxidation sites excluding steroid dienone is 1. The van der Waals surface area contributed by atoms with Crippen LogP contribution >= 0.6 is 0 Å². The topological polar surface area (TPSA) is 40.5 Å². The minimum absolute atomic E-state index is 0.272. The van der Waals surface area contributed by atoms with Crippen molar-refractivity contribution in [3.63, 3.8) is 0 Å². The third-order valence-electron chi connectivity index (χ3n) is 3.16. The molecule has 2 N–H and O–H groups in total. The summed E-state index contributed by atoms with van der Waals surface area (Å²) in [6, 6.07) is 0. The van der Waals surface area contributed by atoms with Gasteiger partial charge in [-0.05, 0) is 58.4 Å². The lowest BCUT2D eigenvalue weighted by Crippen LogP contribution is -2.35. The average Bonchev–Trinajstić information content (AvgIpc) is 2.01. The van der Waals surface area contributed by atoms with E-state index in [1.807, 2.05) is 27.7 Å². The molecule has 0 aromatic carbocycles. The molecule has 0 amide bonds. The number of rotatable bonds is 2. The second-order valence-electron chi connectivity index (χ2n) is 5.42. The Morgan fingerprint density at radius 1 is 1.21 bits per heavy atom. The van der Waals surface area contributed by atoms with Gasteiger partial charge in [-0.2, -0.15) is 0 Å². The van der Waals surface area contributed by atoms with Gasteiger partial charge in [0.2, 0.25) is 0 Å². The van der Waals surface area contributed by atoms with Crippen molar-refractivity contribution >= 4 is 0 Å². The zero-order valence-corrected chi connectivity index (χ0v) is 9.67. The van der Waals surface area contributed by atoms with Crippen LogP contribution < -0.4 is 0 Å². The first-order valence-corrected chi connectivity index (χ1v) is 5.35. The summed E-state index contributed by atoms with van der Waals surface area (Å²) in [6.45, 7) is 7.33. The highest BCUT2D eigenvalue weighted by atomic mass is 16.3. The van der Waals surface area contributed by atoms with Crippen LogP contribution in [0.25, 0.3) is 0 Å². The maximum absolute atomic E-state index is 9.92. The van der Waals surface area contributed by atoms with Crippen molar-refractivity contribution in [3.8, 4) is 0 Å². The molecule has 82 valence electrons. The van der Waals surface area contributed by atoms with Crippen LogP contribution in [0.1, 0.15) is 47.0 Å². The lowest BCUT2D eigenvalue weighted by Gasteiger charge is -2.36. The van der Waals surface area contributed by atoms with Gasteiger partial charge < -0.3 is 10.2 Å². The molecule has 0 aromatic heterocycles. The molecular formula is C12H22O2. The maximum atomic E-state index is 9.92. The van der Waals surface area contributed by atoms with E-state index in [0.29, 0.717) is 0 Å². The summed E-state index contributed by atoms with van der Waals surface area (Å²) in [7, 11) is 0. The summed E-state index contributed by atoms with van der Waals surface area (Å²) in [6.07, 6.45) is 4.91. The van der Waals surface area contributed by atoms with Gasteiger partial charge in [0.25, 0.3) is 0 Å². The first-order valence-electron chi connectivity index (χ1n) is 5.35. The fraction of sp³-hybridized carbons (Fsp3) is 0.833. The Hall–Kier alpha value is -0.340. The van der Waals surface area contributed by atoms with Crippen molar-refractivity contribution in [2.24, 2.45) is 5.92 Å². The molecule has 1 rings (SSSR count). The molecule has 1 unspecified atom stereocenters. The Bertz CT molecular complexity index is 228. The molecule has 0 bridgehead atoms. The summed E-state index contributed by atoms with van der Waals surface area (Å²) >= 11 is 0. The summed E-state index contributed by atoms with van der Waals surface area (Å²) in [5.41, 5.74) is -0.301. The molecule has 1 atom stereocenters. The summed E-state index contributed by atoms with van der Waals surface area (Å²) < 4.78 is 0. The van der Waals surface area contributed by atoms with Crippen LogP contribution in [0.15, 0.2) is 11.6 Å². The predicted molar refractivity (Wildman–Crippen MR) is 58.0 cm³/mol. The van der Waals surface area contributed by atoms with E-state index in [9.17, 15) is 10.2 Å². The monoisotopic (exact) mass is 198 g/mol. The zero-order valence-electron chi connectivity index (χ0n) is 9.67. The van der Waals surface area contributed by atoms with Crippen molar-refractivity contribution in [1.82, 2.24) is 0 Å². The third kappa shape index (κ3) is 2.82. The molecule has 0 radical (unpaired) electrons. The fourth-order valence-corrected chi connectivity index (χ4v) is 2.01. The van der Waals surface area contributed by atoms with Gasteiger partial charge in [-0.25, -0.2) is 0 Å². The van der Waals surface area contributed by atoms with Crippen molar-refractivity contribution in [3.05, 3.63) is 11.6 Å². The summed E-state index contributed by atoms with van der Waals surface area (Å²) in [4.78, 5) is 0. The van der Waals surface area contributed by atoms with E-state index in [-0.39, 0.29) is 5.92 Å². The summed E-state index contributed by atoms with van der Waals surface area (Å²) in [5.74, 6) is 0.272. The molecule has 0 spiro atoms. The highest BCUT2D eigenvalue weighted by Gasteiger charge is 2.32. The lowest BCUT2D eigenvalue weighted by atomic mass is 9.75. The minimum atomic E-state index is -0.732. The van der Waals surface area contributed by atoms with Crippen LogP contribution in [0.2, 0.25) is 0 Å². The van der Waals surface area contributed by atoms with E-state index in [1.165, 1.54) is 0 Å². The average molecular weight is 198 g/mol. The zero-order chi connectivity index (χ0) is 11.0. The van der Waals surface area contributed by atoms with Crippen molar-refractivity contribution in [2.45, 2.75) is 58.2 Å². The van der Waals surface area contributed by atoms with Gasteiger partial charge >= 0.3 is 0 Å².